The Morgan fingerprint density at radius 3 is 1.58 bits per heavy atom. The summed E-state index contributed by atoms with van der Waals surface area (Å²) >= 11 is 37.5. The number of hydrogen-bond donors (Lipinski definition) is 2. The van der Waals surface area contributed by atoms with E-state index in [1.807, 2.05) is 0 Å². The highest BCUT2D eigenvalue weighted by atomic mass is 35.5. The molecule has 62 heavy (non-hydrogen) atoms. The van der Waals surface area contributed by atoms with Gasteiger partial charge in [0, 0.05) is 30.2 Å². The number of alkyl halides is 6. The first-order chi connectivity index (χ1) is 29.0. The average Bonchev–Trinajstić information content (AvgIpc) is 3.19. The lowest BCUT2D eigenvalue weighted by atomic mass is 10.1. The summed E-state index contributed by atoms with van der Waals surface area (Å²) in [5.74, 6) is -5.40. The lowest BCUT2D eigenvalue weighted by molar-refractivity contribution is -0.384. The van der Waals surface area contributed by atoms with Crippen molar-refractivity contribution in [2.75, 3.05) is 16.0 Å². The maximum atomic E-state index is 14.9. The number of nitrogen functional groups attached to an aromatic ring is 1. The molecular formula is C38H18Cl6F6N6O6. The van der Waals surface area contributed by atoms with Gasteiger partial charge in [0.05, 0.1) is 52.0 Å². The van der Waals surface area contributed by atoms with Crippen LogP contribution in [-0.4, -0.2) is 26.7 Å². The smallest absolute Gasteiger partial charge is 0.437 e. The number of ether oxygens (including phenoxy) is 2. The monoisotopic (exact) mass is 978 g/mol. The topological polar surface area (TPSA) is 163 Å². The van der Waals surface area contributed by atoms with Gasteiger partial charge in [0.1, 0.15) is 22.7 Å². The van der Waals surface area contributed by atoms with Crippen LogP contribution in [0.25, 0.3) is 0 Å². The van der Waals surface area contributed by atoms with Crippen LogP contribution in [0.4, 0.5) is 54.8 Å². The van der Waals surface area contributed by atoms with Gasteiger partial charge in [-0.15, -0.1) is 0 Å². The summed E-state index contributed by atoms with van der Waals surface area (Å²) in [6.45, 7) is 0. The zero-order chi connectivity index (χ0) is 45.4. The predicted octanol–water partition coefficient (Wildman–Crippen LogP) is 13.7. The van der Waals surface area contributed by atoms with E-state index >= 15 is 0 Å². The highest BCUT2D eigenvalue weighted by Crippen LogP contribution is 2.45. The third-order valence-electron chi connectivity index (χ3n) is 8.20. The fourth-order valence-electron chi connectivity index (χ4n) is 5.58. The van der Waals surface area contributed by atoms with Crippen molar-refractivity contribution < 1.29 is 50.3 Å². The van der Waals surface area contributed by atoms with E-state index in [1.165, 1.54) is 0 Å². The van der Waals surface area contributed by atoms with E-state index in [0.29, 0.717) is 6.07 Å². The minimum atomic E-state index is -5.09. The molecule has 320 valence electrons. The van der Waals surface area contributed by atoms with Crippen molar-refractivity contribution in [2.24, 2.45) is 0 Å². The minimum absolute atomic E-state index is 0.157. The van der Waals surface area contributed by atoms with Crippen molar-refractivity contribution in [3.05, 3.63) is 154 Å². The van der Waals surface area contributed by atoms with Crippen molar-refractivity contribution >= 4 is 110 Å². The molecule has 0 aliphatic carbocycles. The Labute approximate surface area is 373 Å². The van der Waals surface area contributed by atoms with E-state index in [4.69, 9.17) is 84.8 Å². The average molecular weight is 981 g/mol. The summed E-state index contributed by atoms with van der Waals surface area (Å²) in [7, 11) is 0. The molecule has 3 N–H and O–H groups in total. The SMILES string of the molecule is Nc1ccc(Oc2cccnc2C(F)(F)F)cc1C(=O)Nc1cc(Oc2cccnc2C(F)(F)F)cc(C(=O)N(c2cc(Cl)c(Cl)c(Cl)c2)c2cc(Cl)c(Cl)c(Cl)c2)c1[N+](=O)[O-]. The number of halogens is 12. The number of aromatic nitrogens is 2. The van der Waals surface area contributed by atoms with Crippen LogP contribution >= 0.6 is 69.6 Å². The van der Waals surface area contributed by atoms with Gasteiger partial charge in [-0.3, -0.25) is 24.6 Å². The number of carbonyl (C=O) groups excluding carboxylic acids is 2. The van der Waals surface area contributed by atoms with Crippen LogP contribution in [0.1, 0.15) is 32.1 Å². The van der Waals surface area contributed by atoms with Crippen LogP contribution in [-0.2, 0) is 12.4 Å². The van der Waals surface area contributed by atoms with Crippen LogP contribution in [0.15, 0.2) is 91.3 Å². The lowest BCUT2D eigenvalue weighted by Crippen LogP contribution is -2.27. The third-order valence-corrected chi connectivity index (χ3v) is 10.6. The van der Waals surface area contributed by atoms with Gasteiger partial charge in [0.15, 0.2) is 22.9 Å². The second kappa shape index (κ2) is 17.9. The molecule has 0 saturated carbocycles. The van der Waals surface area contributed by atoms with Gasteiger partial charge in [-0.2, -0.15) is 26.3 Å². The Hall–Kier alpha value is -5.76. The molecule has 2 heterocycles. The third kappa shape index (κ3) is 9.80. The number of nitrogens with one attached hydrogen (secondary N) is 1. The molecule has 0 aliphatic heterocycles. The maximum Gasteiger partial charge on any atom is 0.437 e. The fraction of sp³-hybridized carbons (Fsp3) is 0.0526. The number of carbonyl (C=O) groups is 2. The molecule has 0 spiro atoms. The Bertz CT molecular complexity index is 2700. The van der Waals surface area contributed by atoms with E-state index in [-0.39, 0.29) is 52.9 Å². The van der Waals surface area contributed by atoms with Gasteiger partial charge in [0.25, 0.3) is 11.8 Å². The van der Waals surface area contributed by atoms with Gasteiger partial charge >= 0.3 is 18.0 Å². The first-order valence-electron chi connectivity index (χ1n) is 16.6. The molecule has 0 unspecified atom stereocenters. The Kier molecular flexibility index (Phi) is 13.2. The van der Waals surface area contributed by atoms with Gasteiger partial charge in [-0.1, -0.05) is 69.6 Å². The number of hydrogen-bond acceptors (Lipinski definition) is 9. The van der Waals surface area contributed by atoms with Crippen molar-refractivity contribution in [3.8, 4) is 23.0 Å². The number of benzene rings is 4. The summed E-state index contributed by atoms with van der Waals surface area (Å²) in [4.78, 5) is 48.1. The van der Waals surface area contributed by atoms with Gasteiger partial charge < -0.3 is 20.5 Å². The molecule has 0 fully saturated rings. The van der Waals surface area contributed by atoms with E-state index < -0.39 is 80.2 Å². The van der Waals surface area contributed by atoms with E-state index in [2.05, 4.69) is 15.3 Å². The lowest BCUT2D eigenvalue weighted by Gasteiger charge is -2.25. The van der Waals surface area contributed by atoms with Gasteiger partial charge in [-0.25, -0.2) is 9.97 Å². The molecule has 12 nitrogen and oxygen atoms in total. The molecule has 0 aliphatic rings. The molecule has 2 aromatic heterocycles. The summed E-state index contributed by atoms with van der Waals surface area (Å²) in [5, 5.41) is 14.0. The number of rotatable bonds is 10. The summed E-state index contributed by atoms with van der Waals surface area (Å²) in [6.07, 6.45) is -8.35. The molecule has 0 atom stereocenters. The Morgan fingerprint density at radius 1 is 0.677 bits per heavy atom. The molecular weight excluding hydrogens is 963 g/mol. The molecule has 4 aromatic carbocycles. The van der Waals surface area contributed by atoms with Crippen LogP contribution in [0.5, 0.6) is 23.0 Å². The summed E-state index contributed by atoms with van der Waals surface area (Å²) in [5.41, 5.74) is -1.18. The van der Waals surface area contributed by atoms with Crippen molar-refractivity contribution in [2.45, 2.75) is 12.4 Å². The van der Waals surface area contributed by atoms with E-state index in [9.17, 15) is 46.0 Å². The number of nitro benzene ring substituents is 1. The van der Waals surface area contributed by atoms with Gasteiger partial charge in [-0.05, 0) is 66.7 Å². The molecule has 2 amide bonds. The number of nitrogens with two attached hydrogens (primary N) is 1. The summed E-state index contributed by atoms with van der Waals surface area (Å²) < 4.78 is 93.9. The highest BCUT2D eigenvalue weighted by Gasteiger charge is 2.39. The Balaban J connectivity index is 1.54. The quantitative estimate of drug-likeness (QED) is 0.0447. The molecule has 0 saturated heterocycles. The van der Waals surface area contributed by atoms with Crippen LogP contribution in [0.2, 0.25) is 30.1 Å². The van der Waals surface area contributed by atoms with Crippen molar-refractivity contribution in [1.82, 2.24) is 9.97 Å². The zero-order valence-corrected chi connectivity index (χ0v) is 34.5. The fourth-order valence-corrected chi connectivity index (χ4v) is 6.75. The molecule has 6 rings (SSSR count). The van der Waals surface area contributed by atoms with Crippen LogP contribution < -0.4 is 25.4 Å². The number of amides is 2. The first kappa shape index (κ1) is 45.8. The molecule has 0 radical (unpaired) electrons. The van der Waals surface area contributed by atoms with Crippen molar-refractivity contribution in [1.29, 1.82) is 0 Å². The normalized spacial score (nSPS) is 11.5. The zero-order valence-electron chi connectivity index (χ0n) is 30.0. The predicted molar refractivity (Wildman–Crippen MR) is 220 cm³/mol. The Morgan fingerprint density at radius 2 is 1.13 bits per heavy atom. The molecule has 6 aromatic rings. The van der Waals surface area contributed by atoms with Crippen LogP contribution in [0, 0.1) is 10.1 Å². The first-order valence-corrected chi connectivity index (χ1v) is 18.9. The molecule has 0 bridgehead atoms. The second-order valence-electron chi connectivity index (χ2n) is 12.3. The van der Waals surface area contributed by atoms with E-state index in [0.717, 1.165) is 90.1 Å². The van der Waals surface area contributed by atoms with E-state index in [1.54, 1.807) is 0 Å². The summed E-state index contributed by atoms with van der Waals surface area (Å²) in [6, 6.07) is 13.1. The number of nitro groups is 1. The van der Waals surface area contributed by atoms with Crippen molar-refractivity contribution in [3.63, 3.8) is 0 Å². The van der Waals surface area contributed by atoms with Crippen LogP contribution in [0.3, 0.4) is 0 Å². The maximum absolute atomic E-state index is 14.9. The number of anilines is 4. The standard InChI is InChI=1S/C38H18Cl6F6N6O6/c39-22-9-16(10-23(40)30(22)43)55(17-11-24(41)31(44)25(42)12-17)36(58)21-14-19(62-29-4-2-8-53-34(29)38(48,49)50)15-27(32(21)56(59)60)54-35(57)20-13-18(5-6-26(20)51)61-28-3-1-7-52-33(28)37(45,46)47/h1-15H,51H2,(H,54,57). The number of pyridine rings is 2. The minimum Gasteiger partial charge on any atom is -0.455 e. The molecule has 24 heteroatoms. The largest absolute Gasteiger partial charge is 0.455 e. The number of nitrogens with zero attached hydrogens (tertiary/aromatic N) is 4. The van der Waals surface area contributed by atoms with Gasteiger partial charge in [0.2, 0.25) is 0 Å². The second-order valence-corrected chi connectivity index (χ2v) is 14.7. The highest BCUT2D eigenvalue weighted by molar-refractivity contribution is 6.49.